The van der Waals surface area contributed by atoms with Gasteiger partial charge in [0, 0.05) is 24.7 Å². The molecule has 2 saturated heterocycles. The van der Waals surface area contributed by atoms with E-state index in [9.17, 15) is 9.50 Å². The van der Waals surface area contributed by atoms with Crippen LogP contribution in [0.4, 0.5) is 4.39 Å². The third-order valence-corrected chi connectivity index (χ3v) is 4.87. The van der Waals surface area contributed by atoms with Gasteiger partial charge in [-0.05, 0) is 51.4 Å². The highest BCUT2D eigenvalue weighted by atomic mass is 19.1. The molecule has 0 spiro atoms. The molecule has 2 aliphatic heterocycles. The standard InChI is InChI=1S/C17H25FN2O/c18-16-7-2-1-6-15(16)17(21)8-12-19-9-4-11-20-10-3-5-14(20)13-19/h1-2,6-7,14,17,21H,3-5,8-13H2. The van der Waals surface area contributed by atoms with Crippen molar-refractivity contribution in [1.82, 2.24) is 9.80 Å². The van der Waals surface area contributed by atoms with Gasteiger partial charge in [-0.2, -0.15) is 0 Å². The Bertz CT molecular complexity index is 468. The van der Waals surface area contributed by atoms with Gasteiger partial charge in [0.25, 0.3) is 0 Å². The molecule has 3 rings (SSSR count). The average molecular weight is 292 g/mol. The maximum atomic E-state index is 13.7. The van der Waals surface area contributed by atoms with Crippen LogP contribution in [0.5, 0.6) is 0 Å². The third kappa shape index (κ3) is 3.62. The summed E-state index contributed by atoms with van der Waals surface area (Å²) in [7, 11) is 0. The van der Waals surface area contributed by atoms with Crippen molar-refractivity contribution in [2.45, 2.75) is 37.8 Å². The van der Waals surface area contributed by atoms with Crippen molar-refractivity contribution in [2.24, 2.45) is 0 Å². The maximum Gasteiger partial charge on any atom is 0.128 e. The lowest BCUT2D eigenvalue weighted by Gasteiger charge is -2.26. The van der Waals surface area contributed by atoms with Crippen molar-refractivity contribution in [3.05, 3.63) is 35.6 Å². The van der Waals surface area contributed by atoms with Crippen LogP contribution in [0.15, 0.2) is 24.3 Å². The van der Waals surface area contributed by atoms with Gasteiger partial charge in [-0.25, -0.2) is 4.39 Å². The summed E-state index contributed by atoms with van der Waals surface area (Å²) in [5, 5.41) is 10.2. The Labute approximate surface area is 126 Å². The molecule has 0 aliphatic carbocycles. The molecule has 0 saturated carbocycles. The Balaban J connectivity index is 1.53. The van der Waals surface area contributed by atoms with Gasteiger partial charge in [0.05, 0.1) is 6.10 Å². The molecule has 0 amide bonds. The predicted molar refractivity (Wildman–Crippen MR) is 81.6 cm³/mol. The highest BCUT2D eigenvalue weighted by Crippen LogP contribution is 2.23. The fraction of sp³-hybridized carbons (Fsp3) is 0.647. The number of aliphatic hydroxyl groups is 1. The number of rotatable bonds is 4. The summed E-state index contributed by atoms with van der Waals surface area (Å²) in [6.07, 6.45) is 3.72. The van der Waals surface area contributed by atoms with Gasteiger partial charge in [-0.1, -0.05) is 18.2 Å². The Kier molecular flexibility index (Phi) is 4.88. The molecule has 0 bridgehead atoms. The largest absolute Gasteiger partial charge is 0.388 e. The van der Waals surface area contributed by atoms with E-state index in [-0.39, 0.29) is 5.82 Å². The van der Waals surface area contributed by atoms with Crippen molar-refractivity contribution in [2.75, 3.05) is 32.7 Å². The summed E-state index contributed by atoms with van der Waals surface area (Å²) in [6, 6.07) is 7.24. The smallest absolute Gasteiger partial charge is 0.128 e. The molecule has 2 heterocycles. The zero-order valence-electron chi connectivity index (χ0n) is 12.5. The van der Waals surface area contributed by atoms with E-state index in [2.05, 4.69) is 9.80 Å². The van der Waals surface area contributed by atoms with Crippen molar-refractivity contribution in [1.29, 1.82) is 0 Å². The quantitative estimate of drug-likeness (QED) is 0.923. The molecule has 21 heavy (non-hydrogen) atoms. The van der Waals surface area contributed by atoms with Crippen LogP contribution in [0, 0.1) is 5.82 Å². The van der Waals surface area contributed by atoms with Gasteiger partial charge in [-0.15, -0.1) is 0 Å². The van der Waals surface area contributed by atoms with E-state index in [1.165, 1.54) is 38.4 Å². The Morgan fingerprint density at radius 1 is 1.19 bits per heavy atom. The van der Waals surface area contributed by atoms with Crippen LogP contribution in [0.2, 0.25) is 0 Å². The van der Waals surface area contributed by atoms with Gasteiger partial charge in [0.15, 0.2) is 0 Å². The molecular weight excluding hydrogens is 267 g/mol. The number of aliphatic hydroxyl groups excluding tert-OH is 1. The number of hydrogen-bond donors (Lipinski definition) is 1. The SMILES string of the molecule is OC(CCN1CCCN2CCCC2C1)c1ccccc1F. The van der Waals surface area contributed by atoms with Gasteiger partial charge < -0.3 is 10.0 Å². The van der Waals surface area contributed by atoms with Gasteiger partial charge in [0.2, 0.25) is 0 Å². The lowest BCUT2D eigenvalue weighted by Crippen LogP contribution is -2.37. The normalized spacial score (nSPS) is 25.5. The molecule has 0 aromatic heterocycles. The van der Waals surface area contributed by atoms with E-state index in [1.54, 1.807) is 18.2 Å². The minimum Gasteiger partial charge on any atom is -0.388 e. The van der Waals surface area contributed by atoms with Crippen molar-refractivity contribution in [3.8, 4) is 0 Å². The molecule has 2 atom stereocenters. The first-order valence-corrected chi connectivity index (χ1v) is 8.13. The molecule has 1 aromatic carbocycles. The lowest BCUT2D eigenvalue weighted by atomic mass is 10.1. The number of hydrogen-bond acceptors (Lipinski definition) is 3. The van der Waals surface area contributed by atoms with Crippen molar-refractivity contribution < 1.29 is 9.50 Å². The topological polar surface area (TPSA) is 26.7 Å². The van der Waals surface area contributed by atoms with Gasteiger partial charge >= 0.3 is 0 Å². The van der Waals surface area contributed by atoms with E-state index in [4.69, 9.17) is 0 Å². The van der Waals surface area contributed by atoms with Crippen molar-refractivity contribution >= 4 is 0 Å². The minimum atomic E-state index is -0.700. The Hall–Kier alpha value is -0.970. The first kappa shape index (κ1) is 14.9. The minimum absolute atomic E-state index is 0.303. The fourth-order valence-electron chi connectivity index (χ4n) is 3.69. The number of halogens is 1. The van der Waals surface area contributed by atoms with Crippen LogP contribution in [-0.2, 0) is 0 Å². The predicted octanol–water partition coefficient (Wildman–Crippen LogP) is 2.42. The molecule has 2 fully saturated rings. The second-order valence-electron chi connectivity index (χ2n) is 6.31. The summed E-state index contributed by atoms with van der Waals surface area (Å²) in [5.74, 6) is -0.303. The first-order chi connectivity index (χ1) is 10.2. The average Bonchev–Trinajstić information content (AvgIpc) is 2.83. The highest BCUT2D eigenvalue weighted by Gasteiger charge is 2.28. The molecule has 116 valence electrons. The molecule has 2 aliphatic rings. The van der Waals surface area contributed by atoms with E-state index in [1.807, 2.05) is 0 Å². The van der Waals surface area contributed by atoms with E-state index < -0.39 is 6.10 Å². The second kappa shape index (κ2) is 6.86. The van der Waals surface area contributed by atoms with Crippen LogP contribution in [0.3, 0.4) is 0 Å². The lowest BCUT2D eigenvalue weighted by molar-refractivity contribution is 0.134. The summed E-state index contributed by atoms with van der Waals surface area (Å²) in [5.41, 5.74) is 0.426. The van der Waals surface area contributed by atoms with Crippen molar-refractivity contribution in [3.63, 3.8) is 0 Å². The molecule has 1 N–H and O–H groups in total. The molecule has 2 unspecified atom stereocenters. The van der Waals surface area contributed by atoms with E-state index in [0.29, 0.717) is 18.0 Å². The summed E-state index contributed by atoms with van der Waals surface area (Å²) in [4.78, 5) is 5.05. The second-order valence-corrected chi connectivity index (χ2v) is 6.31. The summed E-state index contributed by atoms with van der Waals surface area (Å²) < 4.78 is 13.7. The zero-order chi connectivity index (χ0) is 14.7. The van der Waals surface area contributed by atoms with Crippen LogP contribution in [0.1, 0.15) is 37.4 Å². The fourth-order valence-corrected chi connectivity index (χ4v) is 3.69. The molecule has 0 radical (unpaired) electrons. The number of fused-ring (bicyclic) bond motifs is 1. The van der Waals surface area contributed by atoms with E-state index >= 15 is 0 Å². The van der Waals surface area contributed by atoms with Crippen LogP contribution in [0.25, 0.3) is 0 Å². The van der Waals surface area contributed by atoms with Gasteiger partial charge in [0.1, 0.15) is 5.82 Å². The maximum absolute atomic E-state index is 13.7. The number of benzene rings is 1. The summed E-state index contributed by atoms with van der Waals surface area (Å²) in [6.45, 7) is 5.49. The van der Waals surface area contributed by atoms with Gasteiger partial charge in [-0.3, -0.25) is 4.90 Å². The van der Waals surface area contributed by atoms with Crippen LogP contribution < -0.4 is 0 Å². The highest BCUT2D eigenvalue weighted by molar-refractivity contribution is 5.19. The van der Waals surface area contributed by atoms with E-state index in [0.717, 1.165) is 19.6 Å². The first-order valence-electron chi connectivity index (χ1n) is 8.13. The third-order valence-electron chi connectivity index (χ3n) is 4.87. The number of nitrogens with zero attached hydrogens (tertiary/aromatic N) is 2. The molecule has 1 aromatic rings. The Morgan fingerprint density at radius 2 is 2.00 bits per heavy atom. The molecule has 4 heteroatoms. The Morgan fingerprint density at radius 3 is 2.86 bits per heavy atom. The molecular formula is C17H25FN2O. The van der Waals surface area contributed by atoms with Crippen LogP contribution >= 0.6 is 0 Å². The zero-order valence-corrected chi connectivity index (χ0v) is 12.5. The molecule has 3 nitrogen and oxygen atoms in total. The summed E-state index contributed by atoms with van der Waals surface area (Å²) >= 11 is 0. The van der Waals surface area contributed by atoms with Crippen LogP contribution in [-0.4, -0.2) is 53.7 Å². The monoisotopic (exact) mass is 292 g/mol.